The number of anilines is 2. The number of halogens is 1. The Morgan fingerprint density at radius 1 is 1.04 bits per heavy atom. The molecule has 0 atom stereocenters. The Bertz CT molecular complexity index is 920. The van der Waals surface area contributed by atoms with Gasteiger partial charge in [0.25, 0.3) is 0 Å². The van der Waals surface area contributed by atoms with E-state index in [2.05, 4.69) is 0 Å². The fourth-order valence-corrected chi connectivity index (χ4v) is 6.14. The second kappa shape index (κ2) is 8.60. The molecular weight excluding hydrogens is 417 g/mol. The third kappa shape index (κ3) is 4.81. The van der Waals surface area contributed by atoms with Gasteiger partial charge in [0.1, 0.15) is 6.16 Å². The number of nitrogens with zero attached hydrogens (tertiary/aromatic N) is 1. The summed E-state index contributed by atoms with van der Waals surface area (Å²) in [7, 11) is -3.62. The summed E-state index contributed by atoms with van der Waals surface area (Å²) < 4.78 is 24.4. The van der Waals surface area contributed by atoms with Gasteiger partial charge in [0.15, 0.2) is 0 Å². The van der Waals surface area contributed by atoms with Gasteiger partial charge in [-0.25, -0.2) is 0 Å². The molecule has 3 rings (SSSR count). The lowest BCUT2D eigenvalue weighted by molar-refractivity contribution is -0.115. The lowest BCUT2D eigenvalue weighted by Crippen LogP contribution is -2.32. The Morgan fingerprint density at radius 2 is 1.64 bits per heavy atom. The van der Waals surface area contributed by atoms with E-state index in [1.165, 1.54) is 0 Å². The smallest absolute Gasteiger partial charge is 0.305 e. The van der Waals surface area contributed by atoms with E-state index in [-0.39, 0.29) is 24.3 Å². The summed E-state index contributed by atoms with van der Waals surface area (Å²) >= 11 is 7.76. The molecule has 0 bridgehead atoms. The normalized spacial score (nSPS) is 13.6. The number of hydrogen-bond acceptors (Lipinski definition) is 5. The quantitative estimate of drug-likeness (QED) is 0.480. The monoisotopic (exact) mass is 439 g/mol. The molecular formula is C20H23ClNO4PS. The van der Waals surface area contributed by atoms with Gasteiger partial charge in [-0.1, -0.05) is 35.5 Å². The number of para-hydroxylation sites is 1. The van der Waals surface area contributed by atoms with E-state index in [0.29, 0.717) is 10.7 Å². The lowest BCUT2D eigenvalue weighted by atomic mass is 10.2. The van der Waals surface area contributed by atoms with E-state index < -0.39 is 7.60 Å². The summed E-state index contributed by atoms with van der Waals surface area (Å²) in [6, 6.07) is 13.0. The SMILES string of the molecule is CC(C)OP(=O)(CC(=O)N1c2ccccc2Sc2ccc(Cl)cc21)OC(C)C. The molecule has 0 fully saturated rings. The van der Waals surface area contributed by atoms with Gasteiger partial charge in [-0.3, -0.25) is 14.3 Å². The zero-order valence-electron chi connectivity index (χ0n) is 16.2. The molecule has 2 aromatic rings. The molecule has 5 nitrogen and oxygen atoms in total. The predicted octanol–water partition coefficient (Wildman–Crippen LogP) is 6.51. The maximum Gasteiger partial charge on any atom is 0.340 e. The molecule has 0 radical (unpaired) electrons. The highest BCUT2D eigenvalue weighted by Gasteiger charge is 2.36. The Morgan fingerprint density at radius 3 is 2.29 bits per heavy atom. The summed E-state index contributed by atoms with van der Waals surface area (Å²) in [6.07, 6.45) is -1.01. The maximum atomic E-state index is 13.4. The number of rotatable bonds is 6. The van der Waals surface area contributed by atoms with E-state index in [9.17, 15) is 9.36 Å². The molecule has 28 heavy (non-hydrogen) atoms. The highest BCUT2D eigenvalue weighted by Crippen LogP contribution is 2.53. The minimum atomic E-state index is -3.62. The fourth-order valence-electron chi connectivity index (χ4n) is 2.97. The third-order valence-electron chi connectivity index (χ3n) is 3.81. The van der Waals surface area contributed by atoms with Gasteiger partial charge in [-0.2, -0.15) is 0 Å². The molecule has 0 N–H and O–H groups in total. The van der Waals surface area contributed by atoms with E-state index in [1.54, 1.807) is 56.5 Å². The fraction of sp³-hybridized carbons (Fsp3) is 0.350. The van der Waals surface area contributed by atoms with Crippen LogP contribution in [-0.4, -0.2) is 24.3 Å². The van der Waals surface area contributed by atoms with Crippen molar-refractivity contribution in [2.45, 2.75) is 49.7 Å². The predicted molar refractivity (Wildman–Crippen MR) is 114 cm³/mol. The molecule has 1 heterocycles. The Labute approximate surface area is 174 Å². The Balaban J connectivity index is 2.01. The molecule has 1 amide bonds. The lowest BCUT2D eigenvalue weighted by Gasteiger charge is -2.32. The van der Waals surface area contributed by atoms with Crippen LogP contribution in [0.25, 0.3) is 0 Å². The summed E-state index contributed by atoms with van der Waals surface area (Å²) in [5.41, 5.74) is 1.40. The number of fused-ring (bicyclic) bond motifs is 2. The zero-order chi connectivity index (χ0) is 20.5. The molecule has 1 aliphatic rings. The van der Waals surface area contributed by atoms with Gasteiger partial charge in [-0.05, 0) is 58.0 Å². The molecule has 0 aliphatic carbocycles. The van der Waals surface area contributed by atoms with E-state index in [0.717, 1.165) is 15.5 Å². The Kier molecular flexibility index (Phi) is 6.58. The molecule has 1 aliphatic heterocycles. The van der Waals surface area contributed by atoms with Crippen LogP contribution in [0.3, 0.4) is 0 Å². The second-order valence-corrected chi connectivity index (χ2v) is 10.5. The molecule has 8 heteroatoms. The van der Waals surface area contributed by atoms with Crippen molar-refractivity contribution in [2.75, 3.05) is 11.1 Å². The molecule has 2 aromatic carbocycles. The van der Waals surface area contributed by atoms with Crippen molar-refractivity contribution in [2.24, 2.45) is 0 Å². The average Bonchev–Trinajstić information content (AvgIpc) is 2.57. The average molecular weight is 440 g/mol. The molecule has 0 saturated heterocycles. The van der Waals surface area contributed by atoms with Crippen LogP contribution >= 0.6 is 31.0 Å². The van der Waals surface area contributed by atoms with Crippen molar-refractivity contribution >= 4 is 48.2 Å². The summed E-state index contributed by atoms with van der Waals surface area (Å²) in [5.74, 6) is -0.360. The standard InChI is InChI=1S/C20H23ClNO4PS/c1-13(2)25-27(24,26-14(3)4)12-20(23)22-16-7-5-6-8-18(16)28-19-10-9-15(21)11-17(19)22/h5-11,13-14H,12H2,1-4H3. The number of hydrogen-bond donors (Lipinski definition) is 0. The van der Waals surface area contributed by atoms with Crippen molar-refractivity contribution in [1.29, 1.82) is 0 Å². The highest BCUT2D eigenvalue weighted by atomic mass is 35.5. The van der Waals surface area contributed by atoms with Gasteiger partial charge in [-0.15, -0.1) is 0 Å². The summed E-state index contributed by atoms with van der Waals surface area (Å²) in [5, 5.41) is 0.525. The van der Waals surface area contributed by atoms with Crippen LogP contribution in [0.5, 0.6) is 0 Å². The van der Waals surface area contributed by atoms with Crippen molar-refractivity contribution in [3.05, 3.63) is 47.5 Å². The van der Waals surface area contributed by atoms with E-state index in [1.807, 2.05) is 30.3 Å². The van der Waals surface area contributed by atoms with Crippen LogP contribution < -0.4 is 4.90 Å². The van der Waals surface area contributed by atoms with Crippen LogP contribution in [0.4, 0.5) is 11.4 Å². The highest BCUT2D eigenvalue weighted by molar-refractivity contribution is 7.99. The summed E-state index contributed by atoms with van der Waals surface area (Å²) in [6.45, 7) is 7.07. The number of benzene rings is 2. The van der Waals surface area contributed by atoms with E-state index in [4.69, 9.17) is 20.6 Å². The molecule has 150 valence electrons. The van der Waals surface area contributed by atoms with Gasteiger partial charge >= 0.3 is 7.60 Å². The minimum Gasteiger partial charge on any atom is -0.305 e. The van der Waals surface area contributed by atoms with Crippen molar-refractivity contribution in [1.82, 2.24) is 0 Å². The van der Waals surface area contributed by atoms with Crippen LogP contribution in [-0.2, 0) is 18.4 Å². The maximum absolute atomic E-state index is 13.4. The van der Waals surface area contributed by atoms with Crippen molar-refractivity contribution < 1.29 is 18.4 Å². The van der Waals surface area contributed by atoms with Crippen molar-refractivity contribution in [3.8, 4) is 0 Å². The van der Waals surface area contributed by atoms with Crippen LogP contribution in [0.1, 0.15) is 27.7 Å². The van der Waals surface area contributed by atoms with Crippen molar-refractivity contribution in [3.63, 3.8) is 0 Å². The molecule has 0 saturated carbocycles. The third-order valence-corrected chi connectivity index (χ3v) is 7.32. The largest absolute Gasteiger partial charge is 0.340 e. The molecule has 0 unspecified atom stereocenters. The molecule has 0 spiro atoms. The first kappa shape index (κ1) is 21.4. The van der Waals surface area contributed by atoms with Gasteiger partial charge in [0.2, 0.25) is 5.91 Å². The topological polar surface area (TPSA) is 55.8 Å². The first-order chi connectivity index (χ1) is 13.2. The second-order valence-electron chi connectivity index (χ2n) is 6.99. The Hall–Kier alpha value is -1.30. The zero-order valence-corrected chi connectivity index (χ0v) is 18.7. The summed E-state index contributed by atoms with van der Waals surface area (Å²) in [4.78, 5) is 16.8. The van der Waals surface area contributed by atoms with Gasteiger partial charge < -0.3 is 9.05 Å². The molecule has 0 aromatic heterocycles. The van der Waals surface area contributed by atoms with E-state index >= 15 is 0 Å². The number of carbonyl (C=O) groups excluding carboxylic acids is 1. The first-order valence-corrected chi connectivity index (χ1v) is 12.0. The van der Waals surface area contributed by atoms with Gasteiger partial charge in [0, 0.05) is 14.8 Å². The van der Waals surface area contributed by atoms with Crippen LogP contribution in [0, 0.1) is 0 Å². The van der Waals surface area contributed by atoms with Crippen LogP contribution in [0.15, 0.2) is 52.3 Å². The number of carbonyl (C=O) groups is 1. The number of amides is 1. The van der Waals surface area contributed by atoms with Gasteiger partial charge in [0.05, 0.1) is 23.6 Å². The first-order valence-electron chi connectivity index (χ1n) is 9.04. The minimum absolute atomic E-state index is 0.330. The van der Waals surface area contributed by atoms with Crippen LogP contribution in [0.2, 0.25) is 5.02 Å².